The van der Waals surface area contributed by atoms with Gasteiger partial charge in [-0.2, -0.15) is 5.26 Å². The SMILES string of the molecule is CCN1CCC(N(C)c2nc(C)cc(C#N)n2)CC1. The van der Waals surface area contributed by atoms with E-state index in [1.165, 1.54) is 0 Å². The van der Waals surface area contributed by atoms with Crippen LogP contribution in [0.4, 0.5) is 5.95 Å². The van der Waals surface area contributed by atoms with Crippen molar-refractivity contribution in [1.82, 2.24) is 14.9 Å². The molecule has 0 aromatic carbocycles. The predicted octanol–water partition coefficient (Wildman–Crippen LogP) is 1.58. The van der Waals surface area contributed by atoms with E-state index in [0.717, 1.165) is 38.2 Å². The molecule has 1 aromatic rings. The van der Waals surface area contributed by atoms with Crippen LogP contribution in [0.25, 0.3) is 0 Å². The average molecular weight is 259 g/mol. The van der Waals surface area contributed by atoms with Gasteiger partial charge in [0.15, 0.2) is 0 Å². The second-order valence-electron chi connectivity index (χ2n) is 5.08. The molecule has 1 aliphatic heterocycles. The van der Waals surface area contributed by atoms with Crippen LogP contribution in [-0.2, 0) is 0 Å². The van der Waals surface area contributed by atoms with Crippen LogP contribution >= 0.6 is 0 Å². The number of nitriles is 1. The molecule has 5 heteroatoms. The number of hydrogen-bond donors (Lipinski definition) is 0. The number of nitrogens with zero attached hydrogens (tertiary/aromatic N) is 5. The lowest BCUT2D eigenvalue weighted by molar-refractivity contribution is 0.220. The van der Waals surface area contributed by atoms with Crippen LogP contribution in [0.5, 0.6) is 0 Å². The maximum atomic E-state index is 8.98. The van der Waals surface area contributed by atoms with E-state index in [1.807, 2.05) is 14.0 Å². The van der Waals surface area contributed by atoms with Crippen molar-refractivity contribution in [2.24, 2.45) is 0 Å². The van der Waals surface area contributed by atoms with Crippen molar-refractivity contribution in [2.75, 3.05) is 31.6 Å². The molecule has 1 fully saturated rings. The van der Waals surface area contributed by atoms with Gasteiger partial charge in [0.05, 0.1) is 0 Å². The lowest BCUT2D eigenvalue weighted by Crippen LogP contribution is -2.43. The third-order valence-corrected chi connectivity index (χ3v) is 3.82. The van der Waals surface area contributed by atoms with Gasteiger partial charge in [-0.25, -0.2) is 9.97 Å². The van der Waals surface area contributed by atoms with Gasteiger partial charge in [0.25, 0.3) is 0 Å². The van der Waals surface area contributed by atoms with Crippen LogP contribution in [0.2, 0.25) is 0 Å². The Bertz CT molecular complexity index is 471. The monoisotopic (exact) mass is 259 g/mol. The van der Waals surface area contributed by atoms with Crippen molar-refractivity contribution in [3.8, 4) is 6.07 Å². The standard InChI is InChI=1S/C14H21N5/c1-4-19-7-5-13(6-8-19)18(3)14-16-11(2)9-12(10-15)17-14/h9,13H,4-8H2,1-3H3. The molecule has 0 radical (unpaired) electrons. The molecule has 0 bridgehead atoms. The molecule has 0 N–H and O–H groups in total. The van der Waals surface area contributed by atoms with E-state index >= 15 is 0 Å². The molecule has 1 saturated heterocycles. The van der Waals surface area contributed by atoms with Crippen molar-refractivity contribution in [1.29, 1.82) is 5.26 Å². The molecule has 0 amide bonds. The van der Waals surface area contributed by atoms with E-state index in [0.29, 0.717) is 17.7 Å². The summed E-state index contributed by atoms with van der Waals surface area (Å²) in [5.74, 6) is 0.673. The second-order valence-corrected chi connectivity index (χ2v) is 5.08. The summed E-state index contributed by atoms with van der Waals surface area (Å²) >= 11 is 0. The first-order valence-electron chi connectivity index (χ1n) is 6.85. The Labute approximate surface area is 114 Å². The Hall–Kier alpha value is -1.67. The fourth-order valence-corrected chi connectivity index (χ4v) is 2.55. The summed E-state index contributed by atoms with van der Waals surface area (Å²) in [5, 5.41) is 8.98. The summed E-state index contributed by atoms with van der Waals surface area (Å²) in [7, 11) is 2.03. The third kappa shape index (κ3) is 3.21. The first kappa shape index (κ1) is 13.8. The van der Waals surface area contributed by atoms with Crippen molar-refractivity contribution in [2.45, 2.75) is 32.7 Å². The van der Waals surface area contributed by atoms with Crippen molar-refractivity contribution >= 4 is 5.95 Å². The number of aryl methyl sites for hydroxylation is 1. The molecule has 0 atom stereocenters. The molecule has 0 spiro atoms. The molecule has 2 rings (SSSR count). The van der Waals surface area contributed by atoms with Gasteiger partial charge in [0.2, 0.25) is 5.95 Å². The number of likely N-dealkylation sites (tertiary alicyclic amines) is 1. The topological polar surface area (TPSA) is 56.0 Å². The number of hydrogen-bond acceptors (Lipinski definition) is 5. The van der Waals surface area contributed by atoms with E-state index < -0.39 is 0 Å². The zero-order valence-electron chi connectivity index (χ0n) is 11.9. The predicted molar refractivity (Wildman–Crippen MR) is 75.0 cm³/mol. The fourth-order valence-electron chi connectivity index (χ4n) is 2.55. The molecule has 1 aromatic heterocycles. The summed E-state index contributed by atoms with van der Waals surface area (Å²) in [6.45, 7) is 7.48. The van der Waals surface area contributed by atoms with Gasteiger partial charge in [-0.05, 0) is 32.4 Å². The van der Waals surface area contributed by atoms with Crippen LogP contribution in [-0.4, -0.2) is 47.6 Å². The fraction of sp³-hybridized carbons (Fsp3) is 0.643. The number of rotatable bonds is 3. The lowest BCUT2D eigenvalue weighted by atomic mass is 10.0. The summed E-state index contributed by atoms with van der Waals surface area (Å²) in [4.78, 5) is 13.3. The van der Waals surface area contributed by atoms with Gasteiger partial charge >= 0.3 is 0 Å². The minimum Gasteiger partial charge on any atom is -0.341 e. The molecular weight excluding hydrogens is 238 g/mol. The Kier molecular flexibility index (Phi) is 4.33. The highest BCUT2D eigenvalue weighted by Gasteiger charge is 2.23. The first-order valence-corrected chi connectivity index (χ1v) is 6.85. The minimum atomic E-state index is 0.445. The largest absolute Gasteiger partial charge is 0.341 e. The highest BCUT2D eigenvalue weighted by atomic mass is 15.3. The molecule has 5 nitrogen and oxygen atoms in total. The normalized spacial score (nSPS) is 17.2. The maximum absolute atomic E-state index is 8.98. The zero-order valence-corrected chi connectivity index (χ0v) is 11.9. The van der Waals surface area contributed by atoms with Crippen molar-refractivity contribution < 1.29 is 0 Å². The second kappa shape index (κ2) is 5.98. The average Bonchev–Trinajstić information content (AvgIpc) is 2.46. The number of anilines is 1. The third-order valence-electron chi connectivity index (χ3n) is 3.82. The van der Waals surface area contributed by atoms with Gasteiger partial charge in [-0.3, -0.25) is 0 Å². The van der Waals surface area contributed by atoms with Crippen molar-refractivity contribution in [3.05, 3.63) is 17.5 Å². The van der Waals surface area contributed by atoms with Gasteiger partial charge in [-0.15, -0.1) is 0 Å². The lowest BCUT2D eigenvalue weighted by Gasteiger charge is -2.36. The molecular formula is C14H21N5. The van der Waals surface area contributed by atoms with Crippen LogP contribution in [0, 0.1) is 18.3 Å². The van der Waals surface area contributed by atoms with Crippen molar-refractivity contribution in [3.63, 3.8) is 0 Å². The highest BCUT2D eigenvalue weighted by molar-refractivity contribution is 5.36. The minimum absolute atomic E-state index is 0.445. The Morgan fingerprint density at radius 3 is 2.68 bits per heavy atom. The van der Waals surface area contributed by atoms with Crippen LogP contribution in [0.3, 0.4) is 0 Å². The van der Waals surface area contributed by atoms with E-state index in [4.69, 9.17) is 5.26 Å². The van der Waals surface area contributed by atoms with Gasteiger partial charge in [-0.1, -0.05) is 6.92 Å². The molecule has 0 unspecified atom stereocenters. The van der Waals surface area contributed by atoms with Gasteiger partial charge in [0, 0.05) is 31.9 Å². The molecule has 0 saturated carbocycles. The Balaban J connectivity index is 2.10. The van der Waals surface area contributed by atoms with E-state index in [-0.39, 0.29) is 0 Å². The summed E-state index contributed by atoms with van der Waals surface area (Å²) in [5.41, 5.74) is 1.29. The maximum Gasteiger partial charge on any atom is 0.226 e. The first-order chi connectivity index (χ1) is 9.13. The Morgan fingerprint density at radius 1 is 1.42 bits per heavy atom. The quantitative estimate of drug-likeness (QED) is 0.825. The van der Waals surface area contributed by atoms with Crippen LogP contribution in [0.1, 0.15) is 31.2 Å². The van der Waals surface area contributed by atoms with E-state index in [2.05, 4.69) is 32.8 Å². The number of piperidine rings is 1. The van der Waals surface area contributed by atoms with E-state index in [1.54, 1.807) is 6.07 Å². The number of aromatic nitrogens is 2. The van der Waals surface area contributed by atoms with E-state index in [9.17, 15) is 0 Å². The molecule has 0 aliphatic carbocycles. The van der Waals surface area contributed by atoms with Gasteiger partial charge in [0.1, 0.15) is 11.8 Å². The van der Waals surface area contributed by atoms with Crippen LogP contribution in [0.15, 0.2) is 6.07 Å². The van der Waals surface area contributed by atoms with Gasteiger partial charge < -0.3 is 9.80 Å². The highest BCUT2D eigenvalue weighted by Crippen LogP contribution is 2.19. The molecule has 1 aliphatic rings. The zero-order chi connectivity index (χ0) is 13.8. The molecule has 19 heavy (non-hydrogen) atoms. The summed E-state index contributed by atoms with van der Waals surface area (Å²) < 4.78 is 0. The summed E-state index contributed by atoms with van der Waals surface area (Å²) in [6, 6.07) is 4.28. The summed E-state index contributed by atoms with van der Waals surface area (Å²) in [6.07, 6.45) is 2.26. The smallest absolute Gasteiger partial charge is 0.226 e. The Morgan fingerprint density at radius 2 is 2.11 bits per heavy atom. The molecule has 102 valence electrons. The molecule has 2 heterocycles. The van der Waals surface area contributed by atoms with Crippen LogP contribution < -0.4 is 4.90 Å².